The standard InChI is InChI=1S/C12H17BrN2O2/c1-4-14-7-11(16)15-12-8(2)5-9(13)6-10(12)17-3/h5-6,14H,4,7H2,1-3H3,(H,15,16). The molecule has 0 aliphatic heterocycles. The Balaban J connectivity index is 2.86. The lowest BCUT2D eigenvalue weighted by Crippen LogP contribution is -2.28. The Morgan fingerprint density at radius 2 is 2.18 bits per heavy atom. The van der Waals surface area contributed by atoms with Crippen molar-refractivity contribution < 1.29 is 9.53 Å². The van der Waals surface area contributed by atoms with Gasteiger partial charge in [0.15, 0.2) is 0 Å². The number of aryl methyl sites for hydroxylation is 1. The number of nitrogens with one attached hydrogen (secondary N) is 2. The van der Waals surface area contributed by atoms with Crippen molar-refractivity contribution in [3.63, 3.8) is 0 Å². The smallest absolute Gasteiger partial charge is 0.238 e. The number of anilines is 1. The summed E-state index contributed by atoms with van der Waals surface area (Å²) in [4.78, 5) is 11.6. The first-order chi connectivity index (χ1) is 8.08. The van der Waals surface area contributed by atoms with Crippen molar-refractivity contribution in [3.8, 4) is 5.75 Å². The molecule has 1 aromatic rings. The summed E-state index contributed by atoms with van der Waals surface area (Å²) in [5.41, 5.74) is 1.68. The molecular weight excluding hydrogens is 284 g/mol. The topological polar surface area (TPSA) is 50.4 Å². The van der Waals surface area contributed by atoms with Crippen molar-refractivity contribution in [1.29, 1.82) is 0 Å². The number of carbonyl (C=O) groups excluding carboxylic acids is 1. The predicted molar refractivity (Wildman–Crippen MR) is 72.6 cm³/mol. The molecule has 0 radical (unpaired) electrons. The molecular formula is C12H17BrN2O2. The average Bonchev–Trinajstić information content (AvgIpc) is 2.29. The fraction of sp³-hybridized carbons (Fsp3) is 0.417. The molecule has 5 heteroatoms. The van der Waals surface area contributed by atoms with Gasteiger partial charge in [-0.3, -0.25) is 4.79 Å². The van der Waals surface area contributed by atoms with Crippen LogP contribution in [0.5, 0.6) is 5.75 Å². The molecule has 0 fully saturated rings. The molecule has 0 saturated carbocycles. The quantitative estimate of drug-likeness (QED) is 0.877. The molecule has 17 heavy (non-hydrogen) atoms. The molecule has 1 rings (SSSR count). The lowest BCUT2D eigenvalue weighted by atomic mass is 10.2. The molecule has 0 atom stereocenters. The Labute approximate surface area is 110 Å². The van der Waals surface area contributed by atoms with Gasteiger partial charge < -0.3 is 15.4 Å². The largest absolute Gasteiger partial charge is 0.495 e. The second-order valence-corrected chi connectivity index (χ2v) is 4.54. The van der Waals surface area contributed by atoms with Gasteiger partial charge in [-0.2, -0.15) is 0 Å². The van der Waals surface area contributed by atoms with Crippen molar-refractivity contribution in [3.05, 3.63) is 22.2 Å². The Hall–Kier alpha value is -1.07. The van der Waals surface area contributed by atoms with Gasteiger partial charge in [-0.1, -0.05) is 22.9 Å². The van der Waals surface area contributed by atoms with E-state index < -0.39 is 0 Å². The molecule has 94 valence electrons. The summed E-state index contributed by atoms with van der Waals surface area (Å²) < 4.78 is 6.17. The van der Waals surface area contributed by atoms with Crippen LogP contribution in [0.4, 0.5) is 5.69 Å². The minimum absolute atomic E-state index is 0.0735. The number of ether oxygens (including phenoxy) is 1. The van der Waals surface area contributed by atoms with Crippen LogP contribution in [-0.4, -0.2) is 26.1 Å². The number of hydrogen-bond donors (Lipinski definition) is 2. The van der Waals surface area contributed by atoms with E-state index >= 15 is 0 Å². The van der Waals surface area contributed by atoms with E-state index in [2.05, 4.69) is 26.6 Å². The fourth-order valence-electron chi connectivity index (χ4n) is 1.46. The Kier molecular flexibility index (Phi) is 5.44. The van der Waals surface area contributed by atoms with E-state index in [0.29, 0.717) is 12.3 Å². The van der Waals surface area contributed by atoms with E-state index in [-0.39, 0.29) is 5.91 Å². The number of carbonyl (C=O) groups is 1. The van der Waals surface area contributed by atoms with Crippen LogP contribution in [-0.2, 0) is 4.79 Å². The van der Waals surface area contributed by atoms with Crippen LogP contribution in [0.1, 0.15) is 12.5 Å². The zero-order valence-electron chi connectivity index (χ0n) is 10.3. The Morgan fingerprint density at radius 1 is 1.47 bits per heavy atom. The molecule has 2 N–H and O–H groups in total. The van der Waals surface area contributed by atoms with Gasteiger partial charge in [0, 0.05) is 4.47 Å². The average molecular weight is 301 g/mol. The number of methoxy groups -OCH3 is 1. The van der Waals surface area contributed by atoms with Crippen molar-refractivity contribution >= 4 is 27.5 Å². The zero-order valence-corrected chi connectivity index (χ0v) is 11.8. The van der Waals surface area contributed by atoms with Crippen LogP contribution in [0.15, 0.2) is 16.6 Å². The third-order valence-electron chi connectivity index (χ3n) is 2.28. The third kappa shape index (κ3) is 4.02. The van der Waals surface area contributed by atoms with Gasteiger partial charge in [0.1, 0.15) is 5.75 Å². The molecule has 0 heterocycles. The summed E-state index contributed by atoms with van der Waals surface area (Å²) in [6.45, 7) is 4.95. The maximum Gasteiger partial charge on any atom is 0.238 e. The van der Waals surface area contributed by atoms with Crippen molar-refractivity contribution in [1.82, 2.24) is 5.32 Å². The number of likely N-dealkylation sites (N-methyl/N-ethyl adjacent to an activating group) is 1. The van der Waals surface area contributed by atoms with Crippen LogP contribution >= 0.6 is 15.9 Å². The Bertz CT molecular complexity index is 408. The van der Waals surface area contributed by atoms with Crippen LogP contribution in [0.3, 0.4) is 0 Å². The second-order valence-electron chi connectivity index (χ2n) is 3.63. The second kappa shape index (κ2) is 6.61. The van der Waals surface area contributed by atoms with Gasteiger partial charge in [-0.15, -0.1) is 0 Å². The van der Waals surface area contributed by atoms with Crippen molar-refractivity contribution in [2.24, 2.45) is 0 Å². The fourth-order valence-corrected chi connectivity index (χ4v) is 2.01. The molecule has 0 bridgehead atoms. The predicted octanol–water partition coefficient (Wildman–Crippen LogP) is 2.31. The summed E-state index contributed by atoms with van der Waals surface area (Å²) in [6.07, 6.45) is 0. The van der Waals surface area contributed by atoms with E-state index in [0.717, 1.165) is 22.3 Å². The van der Waals surface area contributed by atoms with Crippen LogP contribution in [0.2, 0.25) is 0 Å². The van der Waals surface area contributed by atoms with Crippen molar-refractivity contribution in [2.45, 2.75) is 13.8 Å². The zero-order chi connectivity index (χ0) is 12.8. The van der Waals surface area contributed by atoms with Gasteiger partial charge in [-0.05, 0) is 31.2 Å². The number of hydrogen-bond acceptors (Lipinski definition) is 3. The summed E-state index contributed by atoms with van der Waals surface area (Å²) in [5, 5.41) is 5.82. The third-order valence-corrected chi connectivity index (χ3v) is 2.74. The highest BCUT2D eigenvalue weighted by atomic mass is 79.9. The van der Waals surface area contributed by atoms with Crippen LogP contribution in [0, 0.1) is 6.92 Å². The minimum atomic E-state index is -0.0735. The molecule has 1 amide bonds. The normalized spacial score (nSPS) is 10.1. The molecule has 1 aromatic carbocycles. The molecule has 0 spiro atoms. The molecule has 4 nitrogen and oxygen atoms in total. The van der Waals surface area contributed by atoms with Gasteiger partial charge in [0.2, 0.25) is 5.91 Å². The number of benzene rings is 1. The highest BCUT2D eigenvalue weighted by Crippen LogP contribution is 2.31. The maximum atomic E-state index is 11.6. The van der Waals surface area contributed by atoms with Gasteiger partial charge in [-0.25, -0.2) is 0 Å². The van der Waals surface area contributed by atoms with Crippen molar-refractivity contribution in [2.75, 3.05) is 25.5 Å². The number of amides is 1. The van der Waals surface area contributed by atoms with Gasteiger partial charge in [0.25, 0.3) is 0 Å². The lowest BCUT2D eigenvalue weighted by Gasteiger charge is -2.13. The van der Waals surface area contributed by atoms with E-state index in [4.69, 9.17) is 4.74 Å². The van der Waals surface area contributed by atoms with Gasteiger partial charge in [0.05, 0.1) is 19.3 Å². The highest BCUT2D eigenvalue weighted by Gasteiger charge is 2.11. The molecule has 0 aromatic heterocycles. The summed E-state index contributed by atoms with van der Waals surface area (Å²) in [5.74, 6) is 0.581. The summed E-state index contributed by atoms with van der Waals surface area (Å²) in [7, 11) is 1.58. The van der Waals surface area contributed by atoms with Crippen LogP contribution < -0.4 is 15.4 Å². The number of halogens is 1. The molecule has 0 unspecified atom stereocenters. The van der Waals surface area contributed by atoms with Gasteiger partial charge >= 0.3 is 0 Å². The summed E-state index contributed by atoms with van der Waals surface area (Å²) in [6, 6.07) is 3.77. The van der Waals surface area contributed by atoms with E-state index in [1.807, 2.05) is 26.0 Å². The monoisotopic (exact) mass is 300 g/mol. The van der Waals surface area contributed by atoms with E-state index in [1.165, 1.54) is 0 Å². The molecule has 0 aliphatic rings. The summed E-state index contributed by atoms with van der Waals surface area (Å²) >= 11 is 3.39. The highest BCUT2D eigenvalue weighted by molar-refractivity contribution is 9.10. The van der Waals surface area contributed by atoms with E-state index in [1.54, 1.807) is 7.11 Å². The minimum Gasteiger partial charge on any atom is -0.495 e. The Morgan fingerprint density at radius 3 is 2.76 bits per heavy atom. The first kappa shape index (κ1) is 14.0. The lowest BCUT2D eigenvalue weighted by molar-refractivity contribution is -0.115. The first-order valence-corrected chi connectivity index (χ1v) is 6.22. The first-order valence-electron chi connectivity index (χ1n) is 5.43. The molecule has 0 aliphatic carbocycles. The SMILES string of the molecule is CCNCC(=O)Nc1c(C)cc(Br)cc1OC. The maximum absolute atomic E-state index is 11.6. The number of rotatable bonds is 5. The van der Waals surface area contributed by atoms with Crippen LogP contribution in [0.25, 0.3) is 0 Å². The van der Waals surface area contributed by atoms with E-state index in [9.17, 15) is 4.79 Å². The molecule has 0 saturated heterocycles.